The Bertz CT molecular complexity index is 996. The van der Waals surface area contributed by atoms with Gasteiger partial charge >= 0.3 is 0 Å². The maximum Gasteiger partial charge on any atom is 0.270 e. The molecule has 9 heteroatoms. The number of carbonyl (C=O) groups excluding carboxylic acids is 2. The van der Waals surface area contributed by atoms with Crippen LogP contribution in [-0.2, 0) is 0 Å². The van der Waals surface area contributed by atoms with Crippen molar-refractivity contribution in [3.63, 3.8) is 0 Å². The zero-order chi connectivity index (χ0) is 22.1. The first-order chi connectivity index (χ1) is 14.8. The smallest absolute Gasteiger partial charge is 0.270 e. The van der Waals surface area contributed by atoms with Crippen LogP contribution in [0.15, 0.2) is 17.5 Å². The van der Waals surface area contributed by atoms with Gasteiger partial charge in [-0.2, -0.15) is 0 Å². The zero-order valence-electron chi connectivity index (χ0n) is 17.2. The van der Waals surface area contributed by atoms with Gasteiger partial charge in [0, 0.05) is 23.0 Å². The van der Waals surface area contributed by atoms with E-state index in [1.807, 2.05) is 0 Å². The number of aliphatic hydroxyl groups is 1. The summed E-state index contributed by atoms with van der Waals surface area (Å²) in [5.41, 5.74) is 1.48. The van der Waals surface area contributed by atoms with Gasteiger partial charge in [0.05, 0.1) is 22.7 Å². The highest BCUT2D eigenvalue weighted by Gasteiger charge is 2.34. The quantitative estimate of drug-likeness (QED) is 0.658. The number of aromatic nitrogens is 1. The molecule has 2 aliphatic rings. The van der Waals surface area contributed by atoms with Crippen molar-refractivity contribution in [2.45, 2.75) is 63.6 Å². The van der Waals surface area contributed by atoms with Crippen molar-refractivity contribution in [3.05, 3.63) is 49.4 Å². The van der Waals surface area contributed by atoms with E-state index in [4.69, 9.17) is 23.2 Å². The molecule has 2 heterocycles. The van der Waals surface area contributed by atoms with Crippen LogP contribution in [0.2, 0.25) is 10.0 Å². The number of thiazole rings is 1. The molecule has 1 aromatic heterocycles. The van der Waals surface area contributed by atoms with E-state index in [-0.39, 0.29) is 30.0 Å². The van der Waals surface area contributed by atoms with Gasteiger partial charge in [-0.15, -0.1) is 11.3 Å². The van der Waals surface area contributed by atoms with Crippen molar-refractivity contribution in [1.29, 1.82) is 0 Å². The minimum absolute atomic E-state index is 0.0266. The third-order valence-electron chi connectivity index (χ3n) is 6.09. The van der Waals surface area contributed by atoms with Crippen LogP contribution in [0.1, 0.15) is 76.0 Å². The second-order valence-electron chi connectivity index (χ2n) is 8.25. The zero-order valence-corrected chi connectivity index (χ0v) is 19.6. The molecule has 3 atom stereocenters. The number of aliphatic hydroxyl groups excluding tert-OH is 1. The molecule has 4 rings (SSSR count). The van der Waals surface area contributed by atoms with Crippen LogP contribution in [0.25, 0.3) is 0 Å². The fraction of sp³-hybridized carbons (Fsp3) is 0.500. The molecular weight excluding hydrogens is 457 g/mol. The molecule has 2 amide bonds. The van der Waals surface area contributed by atoms with Crippen molar-refractivity contribution >= 4 is 46.4 Å². The minimum Gasteiger partial charge on any atom is -0.393 e. The largest absolute Gasteiger partial charge is 0.393 e. The lowest BCUT2D eigenvalue weighted by atomic mass is 9.93. The number of halogens is 2. The summed E-state index contributed by atoms with van der Waals surface area (Å²) < 4.78 is 0. The van der Waals surface area contributed by atoms with Crippen LogP contribution in [0.4, 0.5) is 0 Å². The number of amides is 2. The number of hydrogen-bond acceptors (Lipinski definition) is 5. The summed E-state index contributed by atoms with van der Waals surface area (Å²) >= 11 is 13.9. The standard InChI is InChI=1S/C22H25Cl2N3O3S/c1-12-16(23)8-7-15(19(12)24)22(30)27-9-3-6-18(27)21-26-17(11-31-21)20(29)25-13-4-2-5-14(28)10-13/h7-8,11,13-14,18,28H,2-6,9-10H2,1H3,(H,25,29)/t13-,14-,18-/m1/s1. The van der Waals surface area contributed by atoms with E-state index < -0.39 is 0 Å². The highest BCUT2D eigenvalue weighted by molar-refractivity contribution is 7.09. The van der Waals surface area contributed by atoms with Gasteiger partial charge in [0.15, 0.2) is 0 Å². The van der Waals surface area contributed by atoms with E-state index in [0.717, 1.165) is 37.1 Å². The van der Waals surface area contributed by atoms with E-state index in [2.05, 4.69) is 10.3 Å². The van der Waals surface area contributed by atoms with Crippen molar-refractivity contribution in [3.8, 4) is 0 Å². The Kier molecular flexibility index (Phi) is 6.86. The summed E-state index contributed by atoms with van der Waals surface area (Å²) in [5, 5.41) is 16.2. The van der Waals surface area contributed by atoms with Crippen LogP contribution in [0.3, 0.4) is 0 Å². The third kappa shape index (κ3) is 4.75. The molecule has 1 saturated carbocycles. The molecule has 0 unspecified atom stereocenters. The fourth-order valence-electron chi connectivity index (χ4n) is 4.35. The summed E-state index contributed by atoms with van der Waals surface area (Å²) in [7, 11) is 0. The summed E-state index contributed by atoms with van der Waals surface area (Å²) in [5.74, 6) is -0.376. The Morgan fingerprint density at radius 1 is 1.23 bits per heavy atom. The SMILES string of the molecule is Cc1c(Cl)ccc(C(=O)N2CCC[C@@H]2c2nc(C(=O)N[C@@H]3CCC[C@@H](O)C3)cs2)c1Cl. The van der Waals surface area contributed by atoms with Crippen molar-refractivity contribution in [2.75, 3.05) is 6.54 Å². The molecule has 1 aliphatic carbocycles. The first-order valence-corrected chi connectivity index (χ1v) is 12.2. The van der Waals surface area contributed by atoms with Gasteiger partial charge in [0.1, 0.15) is 10.7 Å². The Morgan fingerprint density at radius 2 is 2.03 bits per heavy atom. The van der Waals surface area contributed by atoms with Gasteiger partial charge in [-0.3, -0.25) is 9.59 Å². The average molecular weight is 482 g/mol. The van der Waals surface area contributed by atoms with Crippen LogP contribution >= 0.6 is 34.5 Å². The second-order valence-corrected chi connectivity index (χ2v) is 9.93. The molecule has 6 nitrogen and oxygen atoms in total. The average Bonchev–Trinajstić information content (AvgIpc) is 3.41. The molecule has 0 spiro atoms. The normalized spacial score (nSPS) is 23.7. The predicted octanol–water partition coefficient (Wildman–Crippen LogP) is 4.77. The molecule has 1 saturated heterocycles. The predicted molar refractivity (Wildman–Crippen MR) is 122 cm³/mol. The molecular formula is C22H25Cl2N3O3S. The monoisotopic (exact) mass is 481 g/mol. The van der Waals surface area contributed by atoms with Crippen LogP contribution in [-0.4, -0.2) is 45.5 Å². The lowest BCUT2D eigenvalue weighted by Crippen LogP contribution is -2.39. The maximum absolute atomic E-state index is 13.2. The highest BCUT2D eigenvalue weighted by atomic mass is 35.5. The molecule has 166 valence electrons. The summed E-state index contributed by atoms with van der Waals surface area (Å²) in [4.78, 5) is 32.2. The van der Waals surface area contributed by atoms with Gasteiger partial charge < -0.3 is 15.3 Å². The van der Waals surface area contributed by atoms with Crippen molar-refractivity contribution < 1.29 is 14.7 Å². The van der Waals surface area contributed by atoms with Crippen LogP contribution in [0.5, 0.6) is 0 Å². The highest BCUT2D eigenvalue weighted by Crippen LogP contribution is 2.37. The maximum atomic E-state index is 13.2. The molecule has 1 aromatic carbocycles. The Hall–Kier alpha value is -1.67. The first kappa shape index (κ1) is 22.5. The van der Waals surface area contributed by atoms with E-state index in [1.54, 1.807) is 29.3 Å². The van der Waals surface area contributed by atoms with E-state index >= 15 is 0 Å². The lowest BCUT2D eigenvalue weighted by Gasteiger charge is -2.26. The number of rotatable bonds is 4. The number of carbonyl (C=O) groups is 2. The van der Waals surface area contributed by atoms with Gasteiger partial charge in [0.2, 0.25) is 0 Å². The summed E-state index contributed by atoms with van der Waals surface area (Å²) in [6.07, 6.45) is 4.43. The van der Waals surface area contributed by atoms with Crippen molar-refractivity contribution in [2.24, 2.45) is 0 Å². The Morgan fingerprint density at radius 3 is 2.81 bits per heavy atom. The number of likely N-dealkylation sites (tertiary alicyclic amines) is 1. The molecule has 0 radical (unpaired) electrons. The molecule has 1 aliphatic heterocycles. The Labute approximate surface area is 195 Å². The van der Waals surface area contributed by atoms with Crippen molar-refractivity contribution in [1.82, 2.24) is 15.2 Å². The van der Waals surface area contributed by atoms with Gasteiger partial charge in [-0.25, -0.2) is 4.98 Å². The molecule has 31 heavy (non-hydrogen) atoms. The third-order valence-corrected chi connectivity index (χ3v) is 7.93. The van der Waals surface area contributed by atoms with Crippen LogP contribution < -0.4 is 5.32 Å². The van der Waals surface area contributed by atoms with E-state index in [9.17, 15) is 14.7 Å². The topological polar surface area (TPSA) is 82.5 Å². The number of benzene rings is 1. The van der Waals surface area contributed by atoms with Gasteiger partial charge in [0.25, 0.3) is 11.8 Å². The van der Waals surface area contributed by atoms with Gasteiger partial charge in [-0.1, -0.05) is 23.2 Å². The number of nitrogens with zero attached hydrogens (tertiary/aromatic N) is 2. The van der Waals surface area contributed by atoms with E-state index in [0.29, 0.717) is 39.8 Å². The number of nitrogens with one attached hydrogen (secondary N) is 1. The van der Waals surface area contributed by atoms with Crippen LogP contribution in [0, 0.1) is 6.92 Å². The summed E-state index contributed by atoms with van der Waals surface area (Å²) in [6, 6.07) is 3.15. The second kappa shape index (κ2) is 9.45. The Balaban J connectivity index is 1.48. The fourth-order valence-corrected chi connectivity index (χ4v) is 5.74. The summed E-state index contributed by atoms with van der Waals surface area (Å²) in [6.45, 7) is 2.41. The molecule has 2 aromatic rings. The first-order valence-electron chi connectivity index (χ1n) is 10.5. The van der Waals surface area contributed by atoms with Gasteiger partial charge in [-0.05, 0) is 63.1 Å². The molecule has 0 bridgehead atoms. The minimum atomic E-state index is -0.355. The number of hydrogen-bond donors (Lipinski definition) is 2. The van der Waals surface area contributed by atoms with E-state index in [1.165, 1.54) is 11.3 Å². The molecule has 2 fully saturated rings. The lowest BCUT2D eigenvalue weighted by molar-refractivity contribution is 0.0735. The molecule has 2 N–H and O–H groups in total.